The van der Waals surface area contributed by atoms with Gasteiger partial charge in [-0.3, -0.25) is 9.36 Å². The standard InChI is InChI=1S/C19H18N4O/c24-19(16-8-9-21-18(13-16)22-12-10-20-14-22)23-11-4-7-17(23)15-5-2-1-3-6-15/h1-3,5-6,8-10,12-14,17H,4,7,11H2. The van der Waals surface area contributed by atoms with E-state index in [1.807, 2.05) is 35.4 Å². The fraction of sp³-hybridized carbons (Fsp3) is 0.211. The quantitative estimate of drug-likeness (QED) is 0.745. The molecule has 5 nitrogen and oxygen atoms in total. The summed E-state index contributed by atoms with van der Waals surface area (Å²) in [6.45, 7) is 0.793. The van der Waals surface area contributed by atoms with Crippen molar-refractivity contribution in [1.29, 1.82) is 0 Å². The van der Waals surface area contributed by atoms with Gasteiger partial charge in [-0.2, -0.15) is 0 Å². The zero-order valence-electron chi connectivity index (χ0n) is 13.2. The molecule has 1 atom stereocenters. The maximum absolute atomic E-state index is 13.0. The maximum atomic E-state index is 13.0. The van der Waals surface area contributed by atoms with E-state index in [2.05, 4.69) is 22.1 Å². The van der Waals surface area contributed by atoms with Crippen molar-refractivity contribution in [2.24, 2.45) is 0 Å². The Morgan fingerprint density at radius 2 is 2.00 bits per heavy atom. The fourth-order valence-electron chi connectivity index (χ4n) is 3.28. The van der Waals surface area contributed by atoms with Gasteiger partial charge in [0.15, 0.2) is 0 Å². The molecule has 1 aliphatic heterocycles. The second kappa shape index (κ2) is 6.28. The Hall–Kier alpha value is -2.95. The van der Waals surface area contributed by atoms with Crippen molar-refractivity contribution in [1.82, 2.24) is 19.4 Å². The Morgan fingerprint density at radius 1 is 1.12 bits per heavy atom. The van der Waals surface area contributed by atoms with Crippen LogP contribution in [-0.2, 0) is 0 Å². The number of aromatic nitrogens is 3. The first-order chi connectivity index (χ1) is 11.8. The number of carbonyl (C=O) groups is 1. The molecule has 3 heterocycles. The molecule has 0 bridgehead atoms. The number of pyridine rings is 1. The van der Waals surface area contributed by atoms with E-state index in [9.17, 15) is 4.79 Å². The molecule has 1 amide bonds. The zero-order chi connectivity index (χ0) is 16.4. The normalized spacial score (nSPS) is 17.2. The summed E-state index contributed by atoms with van der Waals surface area (Å²) in [5, 5.41) is 0. The first-order valence-corrected chi connectivity index (χ1v) is 8.13. The SMILES string of the molecule is O=C(c1ccnc(-n2ccnc2)c1)N1CCCC1c1ccccc1. The highest BCUT2D eigenvalue weighted by Crippen LogP contribution is 2.33. The van der Waals surface area contributed by atoms with Gasteiger partial charge in [-0.25, -0.2) is 9.97 Å². The molecule has 3 aromatic rings. The van der Waals surface area contributed by atoms with E-state index >= 15 is 0 Å². The number of hydrogen-bond acceptors (Lipinski definition) is 3. The lowest BCUT2D eigenvalue weighted by Gasteiger charge is -2.25. The third kappa shape index (κ3) is 2.69. The van der Waals surface area contributed by atoms with Crippen LogP contribution in [0.2, 0.25) is 0 Å². The molecule has 1 saturated heterocycles. The van der Waals surface area contributed by atoms with Crippen LogP contribution in [0.4, 0.5) is 0 Å². The van der Waals surface area contributed by atoms with E-state index in [0.717, 1.165) is 19.4 Å². The highest BCUT2D eigenvalue weighted by atomic mass is 16.2. The van der Waals surface area contributed by atoms with Gasteiger partial charge in [0, 0.05) is 30.7 Å². The van der Waals surface area contributed by atoms with E-state index in [-0.39, 0.29) is 11.9 Å². The molecule has 1 aliphatic rings. The summed E-state index contributed by atoms with van der Waals surface area (Å²) in [7, 11) is 0. The number of imidazole rings is 1. The molecule has 1 fully saturated rings. The molecule has 0 saturated carbocycles. The predicted octanol–water partition coefficient (Wildman–Crippen LogP) is 3.24. The summed E-state index contributed by atoms with van der Waals surface area (Å²) in [6.07, 6.45) is 8.91. The lowest BCUT2D eigenvalue weighted by molar-refractivity contribution is 0.0735. The molecule has 5 heteroatoms. The number of amides is 1. The first kappa shape index (κ1) is 14.6. The minimum absolute atomic E-state index is 0.0603. The zero-order valence-corrected chi connectivity index (χ0v) is 13.2. The molecule has 4 rings (SSSR count). The molecule has 0 spiro atoms. The molecule has 0 radical (unpaired) electrons. The molecule has 0 aliphatic carbocycles. The van der Waals surface area contributed by atoms with Gasteiger partial charge in [0.05, 0.1) is 6.04 Å². The largest absolute Gasteiger partial charge is 0.332 e. The van der Waals surface area contributed by atoms with Gasteiger partial charge in [-0.15, -0.1) is 0 Å². The van der Waals surface area contributed by atoms with E-state index in [0.29, 0.717) is 11.4 Å². The van der Waals surface area contributed by atoms with Gasteiger partial charge < -0.3 is 4.90 Å². The molecule has 1 aromatic carbocycles. The van der Waals surface area contributed by atoms with Crippen LogP contribution in [-0.4, -0.2) is 31.9 Å². The average Bonchev–Trinajstić information content (AvgIpc) is 3.34. The van der Waals surface area contributed by atoms with Gasteiger partial charge in [-0.1, -0.05) is 30.3 Å². The lowest BCUT2D eigenvalue weighted by atomic mass is 10.0. The van der Waals surface area contributed by atoms with Crippen LogP contribution in [0.1, 0.15) is 34.8 Å². The molecule has 2 aromatic heterocycles. The summed E-state index contributed by atoms with van der Waals surface area (Å²) in [5.41, 5.74) is 1.86. The number of rotatable bonds is 3. The number of benzene rings is 1. The van der Waals surface area contributed by atoms with E-state index in [1.54, 1.807) is 29.4 Å². The Balaban J connectivity index is 1.62. The van der Waals surface area contributed by atoms with Crippen LogP contribution in [0.15, 0.2) is 67.4 Å². The van der Waals surface area contributed by atoms with Crippen LogP contribution < -0.4 is 0 Å². The van der Waals surface area contributed by atoms with Gasteiger partial charge in [-0.05, 0) is 30.5 Å². The third-order valence-corrected chi connectivity index (χ3v) is 4.46. The van der Waals surface area contributed by atoms with Gasteiger partial charge in [0.2, 0.25) is 0 Å². The van der Waals surface area contributed by atoms with Crippen molar-refractivity contribution >= 4 is 5.91 Å². The minimum atomic E-state index is 0.0603. The Kier molecular flexibility index (Phi) is 3.83. The van der Waals surface area contributed by atoms with E-state index in [4.69, 9.17) is 0 Å². The summed E-state index contributed by atoms with van der Waals surface area (Å²) < 4.78 is 1.80. The minimum Gasteiger partial charge on any atom is -0.332 e. The number of carbonyl (C=O) groups excluding carboxylic acids is 1. The van der Waals surface area contributed by atoms with Gasteiger partial charge >= 0.3 is 0 Å². The topological polar surface area (TPSA) is 51.0 Å². The highest BCUT2D eigenvalue weighted by molar-refractivity contribution is 5.95. The van der Waals surface area contributed by atoms with Crippen molar-refractivity contribution in [3.05, 3.63) is 78.5 Å². The summed E-state index contributed by atoms with van der Waals surface area (Å²) in [4.78, 5) is 23.4. The number of likely N-dealkylation sites (tertiary alicyclic amines) is 1. The van der Waals surface area contributed by atoms with Crippen LogP contribution >= 0.6 is 0 Å². The second-order valence-corrected chi connectivity index (χ2v) is 5.94. The maximum Gasteiger partial charge on any atom is 0.254 e. The van der Waals surface area contributed by atoms with E-state index in [1.165, 1.54) is 5.56 Å². The summed E-state index contributed by atoms with van der Waals surface area (Å²) in [5.74, 6) is 0.763. The molecule has 0 N–H and O–H groups in total. The number of hydrogen-bond donors (Lipinski definition) is 0. The monoisotopic (exact) mass is 318 g/mol. The third-order valence-electron chi connectivity index (χ3n) is 4.46. The van der Waals surface area contributed by atoms with Crippen LogP contribution in [0.3, 0.4) is 0 Å². The van der Waals surface area contributed by atoms with Gasteiger partial charge in [0.25, 0.3) is 5.91 Å². The second-order valence-electron chi connectivity index (χ2n) is 5.94. The summed E-state index contributed by atoms with van der Waals surface area (Å²) >= 11 is 0. The Bertz CT molecular complexity index is 830. The predicted molar refractivity (Wildman–Crippen MR) is 90.8 cm³/mol. The highest BCUT2D eigenvalue weighted by Gasteiger charge is 2.30. The number of nitrogens with zero attached hydrogens (tertiary/aromatic N) is 4. The Morgan fingerprint density at radius 3 is 2.79 bits per heavy atom. The molecular weight excluding hydrogens is 300 g/mol. The molecule has 1 unspecified atom stereocenters. The summed E-state index contributed by atoms with van der Waals surface area (Å²) in [6, 6.07) is 14.0. The van der Waals surface area contributed by atoms with Crippen molar-refractivity contribution < 1.29 is 4.79 Å². The lowest BCUT2D eigenvalue weighted by Crippen LogP contribution is -2.30. The average molecular weight is 318 g/mol. The van der Waals surface area contributed by atoms with Crippen LogP contribution in [0.25, 0.3) is 5.82 Å². The van der Waals surface area contributed by atoms with Crippen molar-refractivity contribution in [3.8, 4) is 5.82 Å². The smallest absolute Gasteiger partial charge is 0.254 e. The van der Waals surface area contributed by atoms with E-state index < -0.39 is 0 Å². The van der Waals surface area contributed by atoms with Crippen molar-refractivity contribution in [2.45, 2.75) is 18.9 Å². The molecule has 24 heavy (non-hydrogen) atoms. The van der Waals surface area contributed by atoms with Crippen LogP contribution in [0, 0.1) is 0 Å². The molecular formula is C19H18N4O. The van der Waals surface area contributed by atoms with Gasteiger partial charge in [0.1, 0.15) is 12.1 Å². The molecule has 120 valence electrons. The van der Waals surface area contributed by atoms with Crippen molar-refractivity contribution in [2.75, 3.05) is 6.54 Å². The van der Waals surface area contributed by atoms with Crippen LogP contribution in [0.5, 0.6) is 0 Å². The first-order valence-electron chi connectivity index (χ1n) is 8.13. The Labute approximate surface area is 140 Å². The van der Waals surface area contributed by atoms with Crippen molar-refractivity contribution in [3.63, 3.8) is 0 Å². The fourth-order valence-corrected chi connectivity index (χ4v) is 3.28.